The third kappa shape index (κ3) is 5.55. The number of aliphatic imine (C=N–C) groups is 1. The molecule has 1 aliphatic rings. The zero-order valence-electron chi connectivity index (χ0n) is 11.9. The van der Waals surface area contributed by atoms with Crippen molar-refractivity contribution in [2.24, 2.45) is 4.99 Å². The number of allylic oxidation sites excluding steroid dienone is 2. The van der Waals surface area contributed by atoms with E-state index in [1.807, 2.05) is 13.8 Å². The van der Waals surface area contributed by atoms with E-state index >= 15 is 0 Å². The van der Waals surface area contributed by atoms with Crippen molar-refractivity contribution in [3.63, 3.8) is 0 Å². The lowest BCUT2D eigenvalue weighted by Gasteiger charge is -2.22. The van der Waals surface area contributed by atoms with Gasteiger partial charge < -0.3 is 9.47 Å². The van der Waals surface area contributed by atoms with Crippen LogP contribution in [0.2, 0.25) is 0 Å². The number of hydrogen-bond acceptors (Lipinski definition) is 4. The van der Waals surface area contributed by atoms with Gasteiger partial charge in [0.25, 0.3) is 0 Å². The van der Waals surface area contributed by atoms with Crippen LogP contribution in [0.15, 0.2) is 16.8 Å². The molecule has 0 aromatic rings. The minimum Gasteiger partial charge on any atom is -0.353 e. The summed E-state index contributed by atoms with van der Waals surface area (Å²) in [5, 5.41) is 1.06. The van der Waals surface area contributed by atoms with E-state index in [0.29, 0.717) is 0 Å². The Hall–Kier alpha value is -0.320. The van der Waals surface area contributed by atoms with Crippen molar-refractivity contribution >= 4 is 16.8 Å². The van der Waals surface area contributed by atoms with Crippen molar-refractivity contribution in [2.45, 2.75) is 58.8 Å². The van der Waals surface area contributed by atoms with Crippen LogP contribution in [0.5, 0.6) is 0 Å². The van der Waals surface area contributed by atoms with E-state index in [0.717, 1.165) is 43.0 Å². The Labute approximate surface area is 115 Å². The van der Waals surface area contributed by atoms with Gasteiger partial charge in [-0.25, -0.2) is 4.99 Å². The molecular formula is C14H25NO2S. The highest BCUT2D eigenvalue weighted by molar-refractivity contribution is 8.13. The molecule has 0 aliphatic carbocycles. The summed E-state index contributed by atoms with van der Waals surface area (Å²) < 4.78 is 11.6. The van der Waals surface area contributed by atoms with Gasteiger partial charge in [-0.15, -0.1) is 11.8 Å². The number of unbranched alkanes of at least 4 members (excludes halogenated alkanes) is 1. The smallest absolute Gasteiger partial charge is 0.155 e. The molecule has 0 fully saturated rings. The fourth-order valence-corrected chi connectivity index (χ4v) is 2.50. The summed E-state index contributed by atoms with van der Waals surface area (Å²) in [5.41, 5.74) is 1.09. The van der Waals surface area contributed by atoms with E-state index in [-0.39, 0.29) is 12.4 Å². The number of hydrogen-bond donors (Lipinski definition) is 0. The van der Waals surface area contributed by atoms with Crippen molar-refractivity contribution in [2.75, 3.05) is 12.9 Å². The zero-order valence-corrected chi connectivity index (χ0v) is 12.8. The van der Waals surface area contributed by atoms with Crippen LogP contribution < -0.4 is 0 Å². The van der Waals surface area contributed by atoms with E-state index < -0.39 is 0 Å². The van der Waals surface area contributed by atoms with Gasteiger partial charge in [0.05, 0.1) is 0 Å². The molecule has 1 rings (SSSR count). The molecule has 0 N–H and O–H groups in total. The minimum atomic E-state index is -0.155. The molecule has 0 saturated heterocycles. The third-order valence-electron chi connectivity index (χ3n) is 2.85. The van der Waals surface area contributed by atoms with Gasteiger partial charge in [-0.1, -0.05) is 19.4 Å². The molecule has 0 radical (unpaired) electrons. The average Bonchev–Trinajstić information content (AvgIpc) is 2.51. The second-order valence-electron chi connectivity index (χ2n) is 4.49. The molecule has 0 aromatic heterocycles. The highest BCUT2D eigenvalue weighted by Crippen LogP contribution is 2.21. The molecule has 2 unspecified atom stereocenters. The predicted molar refractivity (Wildman–Crippen MR) is 79.1 cm³/mol. The lowest BCUT2D eigenvalue weighted by molar-refractivity contribution is -0.144. The lowest BCUT2D eigenvalue weighted by atomic mass is 10.2. The van der Waals surface area contributed by atoms with E-state index in [2.05, 4.69) is 24.2 Å². The summed E-state index contributed by atoms with van der Waals surface area (Å²) in [6.45, 7) is 6.94. The molecular weight excluding hydrogens is 246 g/mol. The van der Waals surface area contributed by atoms with Crippen LogP contribution >= 0.6 is 11.8 Å². The SMILES string of the molecule is CCCCOC(C)OC1CCC=C(C)N=C1SC. The number of thioether (sulfide) groups is 1. The lowest BCUT2D eigenvalue weighted by Crippen LogP contribution is -2.28. The number of ether oxygens (including phenoxy) is 2. The first-order valence-electron chi connectivity index (χ1n) is 6.73. The van der Waals surface area contributed by atoms with Crippen LogP contribution in [0.1, 0.15) is 46.5 Å². The van der Waals surface area contributed by atoms with E-state index in [1.165, 1.54) is 0 Å². The largest absolute Gasteiger partial charge is 0.353 e. The van der Waals surface area contributed by atoms with Crippen LogP contribution in [-0.2, 0) is 9.47 Å². The van der Waals surface area contributed by atoms with Gasteiger partial charge in [-0.05, 0) is 39.4 Å². The van der Waals surface area contributed by atoms with Crippen LogP contribution in [-0.4, -0.2) is 30.3 Å². The van der Waals surface area contributed by atoms with Gasteiger partial charge in [0.2, 0.25) is 0 Å². The second-order valence-corrected chi connectivity index (χ2v) is 5.32. The highest BCUT2D eigenvalue weighted by Gasteiger charge is 2.20. The van der Waals surface area contributed by atoms with Crippen molar-refractivity contribution < 1.29 is 9.47 Å². The second kappa shape index (κ2) is 8.73. The normalized spacial score (nSPS) is 22.1. The Morgan fingerprint density at radius 3 is 3.00 bits per heavy atom. The van der Waals surface area contributed by atoms with Crippen LogP contribution in [0.4, 0.5) is 0 Å². The minimum absolute atomic E-state index is 0.0744. The Morgan fingerprint density at radius 2 is 2.33 bits per heavy atom. The summed E-state index contributed by atoms with van der Waals surface area (Å²) in [6, 6.07) is 0. The average molecular weight is 271 g/mol. The van der Waals surface area contributed by atoms with E-state index in [9.17, 15) is 0 Å². The summed E-state index contributed by atoms with van der Waals surface area (Å²) in [6.07, 6.45) is 8.38. The maximum atomic E-state index is 5.96. The van der Waals surface area contributed by atoms with Crippen LogP contribution in [0.3, 0.4) is 0 Å². The number of rotatable bonds is 6. The first-order chi connectivity index (χ1) is 8.67. The molecule has 1 heterocycles. The van der Waals surface area contributed by atoms with Gasteiger partial charge in [0, 0.05) is 12.3 Å². The first kappa shape index (κ1) is 15.7. The van der Waals surface area contributed by atoms with E-state index in [1.54, 1.807) is 11.8 Å². The van der Waals surface area contributed by atoms with Gasteiger partial charge >= 0.3 is 0 Å². The molecule has 0 spiro atoms. The fourth-order valence-electron chi connectivity index (χ4n) is 1.83. The van der Waals surface area contributed by atoms with Gasteiger partial charge in [0.1, 0.15) is 11.1 Å². The first-order valence-corrected chi connectivity index (χ1v) is 7.96. The molecule has 18 heavy (non-hydrogen) atoms. The quantitative estimate of drug-likeness (QED) is 0.540. The maximum absolute atomic E-state index is 5.96. The Morgan fingerprint density at radius 1 is 1.56 bits per heavy atom. The van der Waals surface area contributed by atoms with Crippen molar-refractivity contribution in [3.8, 4) is 0 Å². The van der Waals surface area contributed by atoms with E-state index in [4.69, 9.17) is 9.47 Å². The zero-order chi connectivity index (χ0) is 13.4. The van der Waals surface area contributed by atoms with Crippen molar-refractivity contribution in [1.29, 1.82) is 0 Å². The molecule has 0 amide bonds. The third-order valence-corrected chi connectivity index (χ3v) is 3.62. The monoisotopic (exact) mass is 271 g/mol. The molecule has 0 saturated carbocycles. The predicted octanol–water partition coefficient (Wildman–Crippen LogP) is 3.99. The molecule has 2 atom stereocenters. The van der Waals surface area contributed by atoms with Gasteiger partial charge in [-0.3, -0.25) is 0 Å². The topological polar surface area (TPSA) is 30.8 Å². The number of nitrogens with zero attached hydrogens (tertiary/aromatic N) is 1. The van der Waals surface area contributed by atoms with Crippen molar-refractivity contribution in [3.05, 3.63) is 11.8 Å². The summed E-state index contributed by atoms with van der Waals surface area (Å²) in [5.74, 6) is 0. The highest BCUT2D eigenvalue weighted by atomic mass is 32.2. The summed E-state index contributed by atoms with van der Waals surface area (Å²) in [4.78, 5) is 4.59. The van der Waals surface area contributed by atoms with Gasteiger partial charge in [0.15, 0.2) is 6.29 Å². The van der Waals surface area contributed by atoms with Gasteiger partial charge in [-0.2, -0.15) is 0 Å². The molecule has 104 valence electrons. The summed E-state index contributed by atoms with van der Waals surface area (Å²) >= 11 is 1.67. The van der Waals surface area contributed by atoms with Crippen LogP contribution in [0, 0.1) is 0 Å². The molecule has 3 nitrogen and oxygen atoms in total. The molecule has 0 bridgehead atoms. The van der Waals surface area contributed by atoms with Crippen molar-refractivity contribution in [1.82, 2.24) is 0 Å². The Kier molecular flexibility index (Phi) is 7.63. The maximum Gasteiger partial charge on any atom is 0.155 e. The molecule has 0 aromatic carbocycles. The molecule has 4 heteroatoms. The fraction of sp³-hybridized carbons (Fsp3) is 0.786. The Balaban J connectivity index is 2.47. The van der Waals surface area contributed by atoms with Crippen LogP contribution in [0.25, 0.3) is 0 Å². The standard InChI is InChI=1S/C14H25NO2S/c1-5-6-10-16-12(3)17-13-9-7-8-11(2)15-14(13)18-4/h8,12-13H,5-7,9-10H2,1-4H3. The molecule has 1 aliphatic heterocycles. The Bertz CT molecular complexity index is 302. The summed E-state index contributed by atoms with van der Waals surface area (Å²) in [7, 11) is 0.